The van der Waals surface area contributed by atoms with Gasteiger partial charge in [-0.05, 0) is 61.2 Å². The fourth-order valence-electron chi connectivity index (χ4n) is 3.71. The molecule has 1 aliphatic rings. The minimum absolute atomic E-state index is 0.144. The van der Waals surface area contributed by atoms with Crippen molar-refractivity contribution in [2.24, 2.45) is 0 Å². The zero-order valence-electron chi connectivity index (χ0n) is 18.4. The highest BCUT2D eigenvalue weighted by molar-refractivity contribution is 7.93. The summed E-state index contributed by atoms with van der Waals surface area (Å²) in [6.07, 6.45) is 3.39. The third kappa shape index (κ3) is 7.64. The molecule has 33 heavy (non-hydrogen) atoms. The number of halogens is 1. The molecule has 8 nitrogen and oxygen atoms in total. The van der Waals surface area contributed by atoms with E-state index in [0.717, 1.165) is 31.6 Å². The number of piperidine rings is 1. The van der Waals surface area contributed by atoms with Gasteiger partial charge in [-0.25, -0.2) is 8.42 Å². The number of hydrogen-bond acceptors (Lipinski definition) is 6. The number of sulfonamides is 1. The van der Waals surface area contributed by atoms with Crippen LogP contribution in [0.4, 0.5) is 11.4 Å². The summed E-state index contributed by atoms with van der Waals surface area (Å²) in [6.45, 7) is 1.98. The van der Waals surface area contributed by atoms with E-state index in [1.54, 1.807) is 36.4 Å². The zero-order valence-corrected chi connectivity index (χ0v) is 20.0. The topological polar surface area (TPSA) is 105 Å². The summed E-state index contributed by atoms with van der Waals surface area (Å²) >= 11 is 5.90. The third-order valence-electron chi connectivity index (χ3n) is 5.39. The molecule has 1 saturated heterocycles. The Hall–Kier alpha value is -2.78. The predicted octanol–water partition coefficient (Wildman–Crippen LogP) is 3.49. The van der Waals surface area contributed by atoms with Gasteiger partial charge in [-0.15, -0.1) is 0 Å². The van der Waals surface area contributed by atoms with Gasteiger partial charge in [-0.3, -0.25) is 14.3 Å². The van der Waals surface area contributed by atoms with Crippen molar-refractivity contribution >= 4 is 44.9 Å². The predicted molar refractivity (Wildman–Crippen MR) is 129 cm³/mol. The molecule has 2 N–H and O–H groups in total. The Morgan fingerprint density at radius 1 is 1.03 bits per heavy atom. The lowest BCUT2D eigenvalue weighted by atomic mass is 10.0. The molecule has 0 saturated carbocycles. The van der Waals surface area contributed by atoms with Crippen molar-refractivity contribution in [3.8, 4) is 0 Å². The van der Waals surface area contributed by atoms with E-state index in [-0.39, 0.29) is 6.42 Å². The largest absolute Gasteiger partial charge is 0.469 e. The molecular weight excluding hydrogens is 466 g/mol. The van der Waals surface area contributed by atoms with Crippen molar-refractivity contribution in [3.05, 3.63) is 59.1 Å². The Kier molecular flexibility index (Phi) is 8.57. The summed E-state index contributed by atoms with van der Waals surface area (Å²) in [7, 11) is -2.71. The van der Waals surface area contributed by atoms with E-state index in [0.29, 0.717) is 16.3 Å². The van der Waals surface area contributed by atoms with E-state index in [1.165, 1.54) is 13.5 Å². The molecule has 0 spiro atoms. The van der Waals surface area contributed by atoms with Crippen LogP contribution in [0.3, 0.4) is 0 Å². The number of nitrogens with one attached hydrogen (secondary N) is 2. The second-order valence-electron chi connectivity index (χ2n) is 7.91. The van der Waals surface area contributed by atoms with Crippen molar-refractivity contribution in [2.45, 2.75) is 31.7 Å². The second kappa shape index (κ2) is 11.4. The number of rotatable bonds is 9. The number of carbonyl (C=O) groups excluding carboxylic acids is 2. The summed E-state index contributed by atoms with van der Waals surface area (Å²) in [5.41, 5.74) is 2.04. The fraction of sp³-hybridized carbons (Fsp3) is 0.391. The van der Waals surface area contributed by atoms with Gasteiger partial charge >= 0.3 is 5.97 Å². The zero-order chi connectivity index (χ0) is 23.8. The highest BCUT2D eigenvalue weighted by Gasteiger charge is 2.23. The minimum atomic E-state index is -3.95. The van der Waals surface area contributed by atoms with E-state index >= 15 is 0 Å². The van der Waals surface area contributed by atoms with Crippen molar-refractivity contribution in [1.82, 2.24) is 5.32 Å². The van der Waals surface area contributed by atoms with Crippen molar-refractivity contribution in [3.63, 3.8) is 0 Å². The molecule has 1 unspecified atom stereocenters. The van der Waals surface area contributed by atoms with Gasteiger partial charge < -0.3 is 15.0 Å². The number of methoxy groups -OCH3 is 1. The van der Waals surface area contributed by atoms with Gasteiger partial charge in [-0.1, -0.05) is 23.7 Å². The van der Waals surface area contributed by atoms with Crippen LogP contribution in [0.1, 0.15) is 37.3 Å². The van der Waals surface area contributed by atoms with Gasteiger partial charge in [0.2, 0.25) is 15.9 Å². The van der Waals surface area contributed by atoms with Gasteiger partial charge in [0.15, 0.2) is 0 Å². The molecule has 0 aliphatic carbocycles. The van der Waals surface area contributed by atoms with Crippen LogP contribution >= 0.6 is 11.6 Å². The molecule has 1 fully saturated rings. The monoisotopic (exact) mass is 493 g/mol. The van der Waals surface area contributed by atoms with Crippen LogP contribution in [0.2, 0.25) is 5.02 Å². The second-order valence-corrected chi connectivity index (χ2v) is 10.1. The standard InChI is InChI=1S/C23H28ClN3O5S/c1-32-23(29)15-21(17-5-7-18(24)8-6-17)25-22(28)16-33(30,31)26-19-9-11-20(12-10-19)27-13-3-2-4-14-27/h5-12,21,26H,2-4,13-16H2,1H3,(H,25,28). The highest BCUT2D eigenvalue weighted by Crippen LogP contribution is 2.23. The number of carbonyl (C=O) groups is 2. The summed E-state index contributed by atoms with van der Waals surface area (Å²) in [5.74, 6) is -2.06. The normalized spacial score (nSPS) is 14.9. The molecule has 2 aromatic carbocycles. The molecule has 1 amide bonds. The number of benzene rings is 2. The Labute approximate surface area is 199 Å². The molecule has 2 aromatic rings. The van der Waals surface area contributed by atoms with Gasteiger partial charge in [0, 0.05) is 29.5 Å². The van der Waals surface area contributed by atoms with E-state index < -0.39 is 33.7 Å². The Morgan fingerprint density at radius 2 is 1.67 bits per heavy atom. The lowest BCUT2D eigenvalue weighted by Crippen LogP contribution is -2.36. The molecule has 0 aromatic heterocycles. The molecule has 1 aliphatic heterocycles. The molecule has 178 valence electrons. The van der Waals surface area contributed by atoms with Crippen LogP contribution in [-0.2, 0) is 24.3 Å². The first-order chi connectivity index (χ1) is 15.8. The van der Waals surface area contributed by atoms with E-state index in [4.69, 9.17) is 16.3 Å². The number of anilines is 2. The lowest BCUT2D eigenvalue weighted by Gasteiger charge is -2.28. The summed E-state index contributed by atoms with van der Waals surface area (Å²) in [4.78, 5) is 26.6. The maximum atomic E-state index is 12.5. The molecule has 3 rings (SSSR count). The molecule has 10 heteroatoms. The first-order valence-electron chi connectivity index (χ1n) is 10.7. The summed E-state index contributed by atoms with van der Waals surface area (Å²) in [6, 6.07) is 12.9. The van der Waals surface area contributed by atoms with Crippen LogP contribution in [0, 0.1) is 0 Å². The van der Waals surface area contributed by atoms with Crippen LogP contribution in [-0.4, -0.2) is 46.2 Å². The number of esters is 1. The van der Waals surface area contributed by atoms with Crippen LogP contribution in [0.5, 0.6) is 0 Å². The average Bonchev–Trinajstić information content (AvgIpc) is 2.79. The minimum Gasteiger partial charge on any atom is -0.469 e. The van der Waals surface area contributed by atoms with Crippen molar-refractivity contribution < 1.29 is 22.7 Å². The van der Waals surface area contributed by atoms with Crippen LogP contribution in [0.15, 0.2) is 48.5 Å². The van der Waals surface area contributed by atoms with E-state index in [9.17, 15) is 18.0 Å². The number of amides is 1. The smallest absolute Gasteiger partial charge is 0.307 e. The first kappa shape index (κ1) is 24.9. The van der Waals surface area contributed by atoms with Crippen LogP contribution < -0.4 is 14.9 Å². The number of nitrogens with zero attached hydrogens (tertiary/aromatic N) is 1. The first-order valence-corrected chi connectivity index (χ1v) is 12.8. The van der Waals surface area contributed by atoms with Gasteiger partial charge in [0.05, 0.1) is 19.6 Å². The summed E-state index contributed by atoms with van der Waals surface area (Å²) < 4.78 is 32.2. The Bertz CT molecular complexity index is 1050. The quantitative estimate of drug-likeness (QED) is 0.518. The van der Waals surface area contributed by atoms with E-state index in [1.807, 2.05) is 12.1 Å². The van der Waals surface area contributed by atoms with Crippen molar-refractivity contribution in [1.29, 1.82) is 0 Å². The molecule has 0 bridgehead atoms. The summed E-state index contributed by atoms with van der Waals surface area (Å²) in [5, 5.41) is 3.10. The Morgan fingerprint density at radius 3 is 2.27 bits per heavy atom. The van der Waals surface area contributed by atoms with Gasteiger partial charge in [0.25, 0.3) is 0 Å². The van der Waals surface area contributed by atoms with Gasteiger partial charge in [0.1, 0.15) is 5.75 Å². The third-order valence-corrected chi connectivity index (χ3v) is 6.83. The number of hydrogen-bond donors (Lipinski definition) is 2. The highest BCUT2D eigenvalue weighted by atomic mass is 35.5. The Balaban J connectivity index is 1.62. The SMILES string of the molecule is COC(=O)CC(NC(=O)CS(=O)(=O)Nc1ccc(N2CCCCC2)cc1)c1ccc(Cl)cc1. The van der Waals surface area contributed by atoms with E-state index in [2.05, 4.69) is 14.9 Å². The maximum Gasteiger partial charge on any atom is 0.307 e. The molecular formula is C23H28ClN3O5S. The molecule has 0 radical (unpaired) electrons. The van der Waals surface area contributed by atoms with Crippen LogP contribution in [0.25, 0.3) is 0 Å². The van der Waals surface area contributed by atoms with Gasteiger partial charge in [-0.2, -0.15) is 0 Å². The average molecular weight is 494 g/mol. The molecule has 1 heterocycles. The van der Waals surface area contributed by atoms with Crippen molar-refractivity contribution in [2.75, 3.05) is 35.6 Å². The molecule has 1 atom stereocenters. The fourth-order valence-corrected chi connectivity index (χ4v) is 4.84. The maximum absolute atomic E-state index is 12.5. The lowest BCUT2D eigenvalue weighted by molar-refractivity contribution is -0.141. The number of ether oxygens (including phenoxy) is 1.